The van der Waals surface area contributed by atoms with Gasteiger partial charge in [0, 0.05) is 17.3 Å². The molecule has 0 aromatic carbocycles. The van der Waals surface area contributed by atoms with Crippen LogP contribution in [-0.2, 0) is 6.42 Å². The Kier molecular flexibility index (Phi) is 4.18. The van der Waals surface area contributed by atoms with Crippen LogP contribution in [0.1, 0.15) is 38.3 Å². The molecule has 7 rings (SSSR count). The first-order valence-electron chi connectivity index (χ1n) is 11.0. The van der Waals surface area contributed by atoms with E-state index in [0.29, 0.717) is 17.4 Å². The molecule has 4 aromatic heterocycles. The number of hydrogen-bond donors (Lipinski definition) is 1. The van der Waals surface area contributed by atoms with Crippen molar-refractivity contribution < 1.29 is 4.42 Å². The van der Waals surface area contributed by atoms with Gasteiger partial charge in [-0.3, -0.25) is 5.10 Å². The van der Waals surface area contributed by atoms with Crippen LogP contribution < -0.4 is 0 Å². The first kappa shape index (κ1) is 17.8. The second-order valence-electron chi connectivity index (χ2n) is 8.92. The standard InChI is InChI=1S/C24H25N5O/c1-14-15-6-8-16(9-7-15)19(14)12-17-13-20(21-5-3-11-30-21)27-24(26-17)22-18-4-2-10-25-23(18)29-28-22/h2-5,10-11,13-16,19H,6-9,12H2,1H3,(H,25,28,29). The van der Waals surface area contributed by atoms with Crippen LogP contribution in [-0.4, -0.2) is 25.1 Å². The van der Waals surface area contributed by atoms with Crippen LogP contribution in [0.4, 0.5) is 0 Å². The average Bonchev–Trinajstić information content (AvgIpc) is 3.47. The van der Waals surface area contributed by atoms with E-state index in [2.05, 4.69) is 28.2 Å². The number of fused-ring (bicyclic) bond motifs is 4. The highest BCUT2D eigenvalue weighted by Gasteiger charge is 2.41. The van der Waals surface area contributed by atoms with Gasteiger partial charge in [-0.1, -0.05) is 6.92 Å². The highest BCUT2D eigenvalue weighted by Crippen LogP contribution is 2.49. The second-order valence-corrected chi connectivity index (χ2v) is 8.92. The number of hydrogen-bond acceptors (Lipinski definition) is 5. The van der Waals surface area contributed by atoms with Crippen LogP contribution in [0.3, 0.4) is 0 Å². The van der Waals surface area contributed by atoms with Crippen molar-refractivity contribution in [2.75, 3.05) is 0 Å². The van der Waals surface area contributed by atoms with Crippen molar-refractivity contribution in [3.8, 4) is 23.0 Å². The lowest BCUT2D eigenvalue weighted by molar-refractivity contribution is 0.0339. The highest BCUT2D eigenvalue weighted by molar-refractivity contribution is 5.88. The first-order chi connectivity index (χ1) is 14.8. The molecule has 3 aliphatic rings. The zero-order chi connectivity index (χ0) is 20.1. The van der Waals surface area contributed by atoms with E-state index in [1.54, 1.807) is 12.5 Å². The molecule has 0 saturated heterocycles. The summed E-state index contributed by atoms with van der Waals surface area (Å²) in [5.41, 5.74) is 3.40. The molecule has 0 radical (unpaired) electrons. The Morgan fingerprint density at radius 1 is 1.07 bits per heavy atom. The van der Waals surface area contributed by atoms with Crippen molar-refractivity contribution in [2.45, 2.75) is 39.0 Å². The fourth-order valence-corrected chi connectivity index (χ4v) is 5.76. The molecule has 0 aliphatic heterocycles. The fourth-order valence-electron chi connectivity index (χ4n) is 5.76. The minimum atomic E-state index is 0.656. The summed E-state index contributed by atoms with van der Waals surface area (Å²) in [6.45, 7) is 2.45. The molecule has 1 N–H and O–H groups in total. The van der Waals surface area contributed by atoms with Gasteiger partial charge in [0.2, 0.25) is 0 Å². The molecule has 4 heterocycles. The Bertz CT molecular complexity index is 1170. The van der Waals surface area contributed by atoms with E-state index in [1.165, 1.54) is 25.7 Å². The van der Waals surface area contributed by atoms with Crippen molar-refractivity contribution in [3.63, 3.8) is 0 Å². The zero-order valence-electron chi connectivity index (χ0n) is 17.1. The number of pyridine rings is 1. The third-order valence-electron chi connectivity index (χ3n) is 7.39. The van der Waals surface area contributed by atoms with Gasteiger partial charge < -0.3 is 4.42 Å². The quantitative estimate of drug-likeness (QED) is 0.504. The molecular formula is C24H25N5O. The summed E-state index contributed by atoms with van der Waals surface area (Å²) in [6.07, 6.45) is 9.99. The van der Waals surface area contributed by atoms with Crippen LogP contribution in [0.2, 0.25) is 0 Å². The topological polar surface area (TPSA) is 80.5 Å². The van der Waals surface area contributed by atoms with Crippen molar-refractivity contribution >= 4 is 11.0 Å². The van der Waals surface area contributed by atoms with Gasteiger partial charge >= 0.3 is 0 Å². The maximum absolute atomic E-state index is 5.67. The van der Waals surface area contributed by atoms with Gasteiger partial charge in [0.15, 0.2) is 17.2 Å². The Labute approximate surface area is 175 Å². The number of aromatic amines is 1. The summed E-state index contributed by atoms with van der Waals surface area (Å²) < 4.78 is 5.67. The number of nitrogens with one attached hydrogen (secondary N) is 1. The van der Waals surface area contributed by atoms with Gasteiger partial charge in [-0.2, -0.15) is 5.10 Å². The molecule has 6 heteroatoms. The molecule has 3 saturated carbocycles. The number of H-pyrrole nitrogens is 1. The maximum atomic E-state index is 5.67. The van der Waals surface area contributed by atoms with Crippen LogP contribution in [0, 0.1) is 23.7 Å². The van der Waals surface area contributed by atoms with Crippen LogP contribution in [0.25, 0.3) is 34.0 Å². The molecular weight excluding hydrogens is 374 g/mol. The number of furan rings is 1. The van der Waals surface area contributed by atoms with Crippen LogP contribution in [0.15, 0.2) is 47.2 Å². The van der Waals surface area contributed by atoms with Crippen molar-refractivity contribution in [3.05, 3.63) is 48.5 Å². The minimum Gasteiger partial charge on any atom is -0.463 e. The van der Waals surface area contributed by atoms with E-state index in [4.69, 9.17) is 14.4 Å². The number of nitrogens with zero attached hydrogens (tertiary/aromatic N) is 4. The predicted octanol–water partition coefficient (Wildman–Crippen LogP) is 5.29. The molecule has 152 valence electrons. The van der Waals surface area contributed by atoms with Crippen molar-refractivity contribution in [1.29, 1.82) is 0 Å². The Balaban J connectivity index is 1.43. The summed E-state index contributed by atoms with van der Waals surface area (Å²) in [7, 11) is 0. The SMILES string of the molecule is CC1C2CCC(CC2)C1Cc1cc(-c2ccco2)nc(-c2[nH]nc3ncccc23)n1. The van der Waals surface area contributed by atoms with E-state index in [-0.39, 0.29) is 0 Å². The summed E-state index contributed by atoms with van der Waals surface area (Å²) in [4.78, 5) is 14.2. The highest BCUT2D eigenvalue weighted by atomic mass is 16.3. The molecule has 0 spiro atoms. The monoisotopic (exact) mass is 399 g/mol. The lowest BCUT2D eigenvalue weighted by Crippen LogP contribution is -2.39. The van der Waals surface area contributed by atoms with Gasteiger partial charge in [0.1, 0.15) is 11.4 Å². The fraction of sp³-hybridized carbons (Fsp3) is 0.417. The van der Waals surface area contributed by atoms with E-state index in [0.717, 1.165) is 52.4 Å². The number of aromatic nitrogens is 5. The van der Waals surface area contributed by atoms with Crippen molar-refractivity contribution in [1.82, 2.24) is 25.1 Å². The van der Waals surface area contributed by atoms with E-state index >= 15 is 0 Å². The lowest BCUT2D eigenvalue weighted by Gasteiger charge is -2.47. The predicted molar refractivity (Wildman–Crippen MR) is 114 cm³/mol. The lowest BCUT2D eigenvalue weighted by atomic mass is 9.58. The first-order valence-corrected chi connectivity index (χ1v) is 11.0. The Morgan fingerprint density at radius 3 is 2.73 bits per heavy atom. The average molecular weight is 399 g/mol. The molecule has 3 aliphatic carbocycles. The van der Waals surface area contributed by atoms with Gasteiger partial charge in [-0.05, 0) is 86.1 Å². The Morgan fingerprint density at radius 2 is 1.93 bits per heavy atom. The van der Waals surface area contributed by atoms with E-state index in [1.807, 2.05) is 24.3 Å². The minimum absolute atomic E-state index is 0.656. The number of rotatable bonds is 4. The maximum Gasteiger partial charge on any atom is 0.181 e. The Hall–Kier alpha value is -3.02. The largest absolute Gasteiger partial charge is 0.463 e. The van der Waals surface area contributed by atoms with E-state index in [9.17, 15) is 0 Å². The van der Waals surface area contributed by atoms with E-state index < -0.39 is 0 Å². The second kappa shape index (κ2) is 7.04. The zero-order valence-corrected chi connectivity index (χ0v) is 17.1. The van der Waals surface area contributed by atoms with Gasteiger partial charge in [0.25, 0.3) is 0 Å². The van der Waals surface area contributed by atoms with Gasteiger partial charge in [0.05, 0.1) is 6.26 Å². The normalized spacial score (nSPS) is 25.8. The summed E-state index contributed by atoms with van der Waals surface area (Å²) in [5.74, 6) is 4.59. The molecule has 30 heavy (non-hydrogen) atoms. The van der Waals surface area contributed by atoms with Crippen molar-refractivity contribution in [2.24, 2.45) is 23.7 Å². The van der Waals surface area contributed by atoms with Gasteiger partial charge in [-0.25, -0.2) is 15.0 Å². The molecule has 2 unspecified atom stereocenters. The van der Waals surface area contributed by atoms with Crippen LogP contribution in [0.5, 0.6) is 0 Å². The van der Waals surface area contributed by atoms with Crippen LogP contribution >= 0.6 is 0 Å². The molecule has 2 bridgehead atoms. The summed E-state index contributed by atoms with van der Waals surface area (Å²) in [5, 5.41) is 8.37. The molecule has 3 fully saturated rings. The third-order valence-corrected chi connectivity index (χ3v) is 7.39. The molecule has 4 aromatic rings. The smallest absolute Gasteiger partial charge is 0.181 e. The van der Waals surface area contributed by atoms with Gasteiger partial charge in [-0.15, -0.1) is 0 Å². The third kappa shape index (κ3) is 2.93. The molecule has 6 nitrogen and oxygen atoms in total. The molecule has 2 atom stereocenters. The summed E-state index contributed by atoms with van der Waals surface area (Å²) >= 11 is 0. The summed E-state index contributed by atoms with van der Waals surface area (Å²) in [6, 6.07) is 9.88. The molecule has 0 amide bonds.